The van der Waals surface area contributed by atoms with E-state index in [4.69, 9.17) is 10.1 Å². The van der Waals surface area contributed by atoms with E-state index >= 15 is 0 Å². The van der Waals surface area contributed by atoms with Crippen molar-refractivity contribution < 1.29 is 9.53 Å². The molecule has 1 atom stereocenters. The summed E-state index contributed by atoms with van der Waals surface area (Å²) in [7, 11) is 5.11. The quantitative estimate of drug-likeness (QED) is 0.446. The van der Waals surface area contributed by atoms with E-state index in [1.807, 2.05) is 42.4 Å². The van der Waals surface area contributed by atoms with Crippen LogP contribution >= 0.6 is 0 Å². The number of hydrogen-bond acceptors (Lipinski definition) is 9. The maximum Gasteiger partial charge on any atom is 0.339 e. The van der Waals surface area contributed by atoms with Crippen molar-refractivity contribution >= 4 is 34.5 Å². The van der Waals surface area contributed by atoms with Gasteiger partial charge in [-0.3, -0.25) is 4.99 Å². The first-order chi connectivity index (χ1) is 17.0. The lowest BCUT2D eigenvalue weighted by Crippen LogP contribution is -2.47. The third-order valence-electron chi connectivity index (χ3n) is 6.70. The highest BCUT2D eigenvalue weighted by Gasteiger charge is 2.24. The summed E-state index contributed by atoms with van der Waals surface area (Å²) < 4.78 is 4.81. The van der Waals surface area contributed by atoms with Gasteiger partial charge in [0.25, 0.3) is 0 Å². The number of hydrogen-bond donors (Lipinski definition) is 2. The van der Waals surface area contributed by atoms with Crippen LogP contribution in [0.5, 0.6) is 0 Å². The van der Waals surface area contributed by atoms with E-state index in [-0.39, 0.29) is 12.0 Å². The summed E-state index contributed by atoms with van der Waals surface area (Å²) in [5, 5.41) is 22.4. The summed E-state index contributed by atoms with van der Waals surface area (Å²) in [6.45, 7) is 2.60. The first kappa shape index (κ1) is 24.5. The number of piperidine rings is 1. The number of carbonyl (C=O) groups is 1. The smallest absolute Gasteiger partial charge is 0.339 e. The van der Waals surface area contributed by atoms with E-state index in [9.17, 15) is 4.79 Å². The van der Waals surface area contributed by atoms with Gasteiger partial charge in [0.1, 0.15) is 5.69 Å². The highest BCUT2D eigenvalue weighted by molar-refractivity contribution is 6.14. The van der Waals surface area contributed by atoms with Crippen molar-refractivity contribution in [3.05, 3.63) is 53.9 Å². The molecular formula is C26H33N7O2. The van der Waals surface area contributed by atoms with Crippen LogP contribution in [0.1, 0.15) is 25.0 Å². The van der Waals surface area contributed by atoms with E-state index in [0.717, 1.165) is 60.5 Å². The van der Waals surface area contributed by atoms with Crippen LogP contribution in [0.3, 0.4) is 0 Å². The van der Waals surface area contributed by atoms with Gasteiger partial charge in [-0.25, -0.2) is 4.79 Å². The zero-order valence-corrected chi connectivity index (χ0v) is 20.6. The minimum Gasteiger partial charge on any atom is -0.465 e. The molecule has 3 heterocycles. The van der Waals surface area contributed by atoms with E-state index < -0.39 is 0 Å². The third-order valence-corrected chi connectivity index (χ3v) is 6.70. The molecule has 2 aliphatic rings. The van der Waals surface area contributed by atoms with E-state index in [1.165, 1.54) is 13.3 Å². The molecule has 9 nitrogen and oxygen atoms in total. The van der Waals surface area contributed by atoms with Crippen LogP contribution < -0.4 is 10.2 Å². The summed E-state index contributed by atoms with van der Waals surface area (Å²) in [6, 6.07) is 8.79. The molecule has 2 aromatic rings. The van der Waals surface area contributed by atoms with Crippen LogP contribution in [0.15, 0.2) is 53.2 Å². The SMILES string of the molecule is CN=C(CC=N)c1nnc(N2CCC(NCC3C=CC(C(=O)OC)=CN3C)CC2)c2ccccc12. The maximum atomic E-state index is 11.7. The molecule has 0 bridgehead atoms. The minimum absolute atomic E-state index is 0.194. The van der Waals surface area contributed by atoms with Crippen LogP contribution in [-0.4, -0.2) is 85.9 Å². The van der Waals surface area contributed by atoms with Gasteiger partial charge < -0.3 is 25.3 Å². The average molecular weight is 476 g/mol. The van der Waals surface area contributed by atoms with Gasteiger partial charge in [0, 0.05) is 69.4 Å². The van der Waals surface area contributed by atoms with Crippen molar-refractivity contribution in [3.63, 3.8) is 0 Å². The predicted octanol–water partition coefficient (Wildman–Crippen LogP) is 2.57. The van der Waals surface area contributed by atoms with Crippen LogP contribution in [0, 0.1) is 5.41 Å². The van der Waals surface area contributed by atoms with Gasteiger partial charge >= 0.3 is 5.97 Å². The molecule has 1 fully saturated rings. The fourth-order valence-corrected chi connectivity index (χ4v) is 4.67. The Morgan fingerprint density at radius 1 is 1.26 bits per heavy atom. The summed E-state index contributed by atoms with van der Waals surface area (Å²) in [5.41, 5.74) is 2.09. The van der Waals surface area contributed by atoms with Gasteiger partial charge in [-0.05, 0) is 18.9 Å². The van der Waals surface area contributed by atoms with Gasteiger partial charge in [-0.1, -0.05) is 30.3 Å². The second-order valence-corrected chi connectivity index (χ2v) is 8.83. The molecule has 0 spiro atoms. The predicted molar refractivity (Wildman–Crippen MR) is 139 cm³/mol. The van der Waals surface area contributed by atoms with Gasteiger partial charge in [0.2, 0.25) is 0 Å². The Balaban J connectivity index is 1.38. The lowest BCUT2D eigenvalue weighted by molar-refractivity contribution is -0.135. The molecule has 2 N–H and O–H groups in total. The maximum absolute atomic E-state index is 11.7. The van der Waals surface area contributed by atoms with E-state index in [0.29, 0.717) is 18.0 Å². The van der Waals surface area contributed by atoms with E-state index in [1.54, 1.807) is 7.05 Å². The summed E-state index contributed by atoms with van der Waals surface area (Å²) >= 11 is 0. The molecule has 0 aliphatic carbocycles. The topological polar surface area (TPSA) is 107 Å². The fourth-order valence-electron chi connectivity index (χ4n) is 4.67. The number of methoxy groups -OCH3 is 1. The van der Waals surface area contributed by atoms with Crippen molar-refractivity contribution in [2.24, 2.45) is 4.99 Å². The number of carbonyl (C=O) groups excluding carboxylic acids is 1. The number of fused-ring (bicyclic) bond motifs is 1. The fraction of sp³-hybridized carbons (Fsp3) is 0.423. The van der Waals surface area contributed by atoms with Gasteiger partial charge in [-0.15, -0.1) is 10.2 Å². The Labute approximate surface area is 206 Å². The van der Waals surface area contributed by atoms with Crippen molar-refractivity contribution in [1.29, 1.82) is 5.41 Å². The highest BCUT2D eigenvalue weighted by atomic mass is 16.5. The monoisotopic (exact) mass is 475 g/mol. The van der Waals surface area contributed by atoms with Crippen LogP contribution in [0.4, 0.5) is 5.82 Å². The van der Waals surface area contributed by atoms with Crippen molar-refractivity contribution in [2.45, 2.75) is 31.3 Å². The standard InChI is InChI=1S/C26H33N7O2/c1-28-23(10-13-27)24-21-6-4-5-7-22(21)25(31-30-24)33-14-11-19(12-15-33)29-16-20-9-8-18(17-32(20)2)26(34)35-3/h4-9,13,17,19-20,27,29H,10-12,14-16H2,1-3H3. The largest absolute Gasteiger partial charge is 0.465 e. The number of benzene rings is 1. The number of anilines is 1. The Hall–Kier alpha value is -3.59. The number of aliphatic imine (C=N–C) groups is 1. The molecule has 0 radical (unpaired) electrons. The number of rotatable bonds is 8. The minimum atomic E-state index is -0.316. The van der Waals surface area contributed by atoms with Crippen molar-refractivity contribution in [2.75, 3.05) is 45.7 Å². The number of likely N-dealkylation sites (N-methyl/N-ethyl adjacent to an activating group) is 1. The van der Waals surface area contributed by atoms with Gasteiger partial charge in [-0.2, -0.15) is 0 Å². The molecule has 1 aromatic carbocycles. The zero-order chi connectivity index (χ0) is 24.8. The summed E-state index contributed by atoms with van der Waals surface area (Å²) in [6.07, 6.45) is 9.53. The van der Waals surface area contributed by atoms with Crippen LogP contribution in [0.2, 0.25) is 0 Å². The molecule has 2 aliphatic heterocycles. The number of aromatic nitrogens is 2. The molecule has 1 aromatic heterocycles. The van der Waals surface area contributed by atoms with E-state index in [2.05, 4.69) is 37.5 Å². The molecule has 1 unspecified atom stereocenters. The Bertz CT molecular complexity index is 1170. The molecule has 0 amide bonds. The van der Waals surface area contributed by atoms with Gasteiger partial charge in [0.15, 0.2) is 5.82 Å². The summed E-state index contributed by atoms with van der Waals surface area (Å²) in [5.74, 6) is 0.590. The number of ether oxygens (including phenoxy) is 1. The Morgan fingerprint density at radius 3 is 2.66 bits per heavy atom. The van der Waals surface area contributed by atoms with Gasteiger partial charge in [0.05, 0.1) is 24.4 Å². The second-order valence-electron chi connectivity index (χ2n) is 8.83. The van der Waals surface area contributed by atoms with Crippen molar-refractivity contribution in [1.82, 2.24) is 20.4 Å². The first-order valence-electron chi connectivity index (χ1n) is 11.9. The molecule has 1 saturated heterocycles. The first-order valence-corrected chi connectivity index (χ1v) is 11.9. The third kappa shape index (κ3) is 5.40. The molecule has 35 heavy (non-hydrogen) atoms. The second kappa shape index (κ2) is 11.2. The Kier molecular flexibility index (Phi) is 7.87. The lowest BCUT2D eigenvalue weighted by atomic mass is 10.0. The normalized spacial score (nSPS) is 19.1. The van der Waals surface area contributed by atoms with Crippen LogP contribution in [-0.2, 0) is 9.53 Å². The Morgan fingerprint density at radius 2 is 2.00 bits per heavy atom. The average Bonchev–Trinajstić information content (AvgIpc) is 2.90. The number of esters is 1. The summed E-state index contributed by atoms with van der Waals surface area (Å²) in [4.78, 5) is 20.4. The number of nitrogens with one attached hydrogen (secondary N) is 2. The zero-order valence-electron chi connectivity index (χ0n) is 20.6. The molecule has 184 valence electrons. The molecule has 4 rings (SSSR count). The molecule has 0 saturated carbocycles. The van der Waals surface area contributed by atoms with Crippen LogP contribution in [0.25, 0.3) is 10.8 Å². The molecular weight excluding hydrogens is 442 g/mol. The lowest BCUT2D eigenvalue weighted by Gasteiger charge is -2.35. The molecule has 9 heteroatoms. The highest BCUT2D eigenvalue weighted by Crippen LogP contribution is 2.28. The van der Waals surface area contributed by atoms with Crippen molar-refractivity contribution in [3.8, 4) is 0 Å². The number of nitrogens with zero attached hydrogens (tertiary/aromatic N) is 5.